The molecule has 0 aliphatic carbocycles. The van der Waals surface area contributed by atoms with Gasteiger partial charge in [-0.25, -0.2) is 4.98 Å². The molecule has 7 heteroatoms. The molecule has 2 aliphatic rings. The van der Waals surface area contributed by atoms with E-state index in [1.165, 1.54) is 6.07 Å². The second-order valence-corrected chi connectivity index (χ2v) is 6.95. The number of nitrogens with zero attached hydrogens (tertiary/aromatic N) is 4. The molecular formula is C17H27N5O2. The number of H-pyrrole nitrogens is 1. The lowest BCUT2D eigenvalue weighted by molar-refractivity contribution is -0.137. The summed E-state index contributed by atoms with van der Waals surface area (Å²) in [5, 5.41) is 0. The van der Waals surface area contributed by atoms with Crippen LogP contribution in [0.4, 0.5) is 0 Å². The molecule has 3 heterocycles. The zero-order valence-electron chi connectivity index (χ0n) is 14.8. The van der Waals surface area contributed by atoms with E-state index < -0.39 is 0 Å². The molecule has 24 heavy (non-hydrogen) atoms. The highest BCUT2D eigenvalue weighted by Gasteiger charge is 2.33. The van der Waals surface area contributed by atoms with Gasteiger partial charge in [-0.1, -0.05) is 0 Å². The molecule has 0 radical (unpaired) electrons. The molecule has 1 aromatic heterocycles. The molecular weight excluding hydrogens is 306 g/mol. The minimum absolute atomic E-state index is 0.0454. The van der Waals surface area contributed by atoms with Gasteiger partial charge in [-0.2, -0.15) is 0 Å². The Morgan fingerprint density at radius 1 is 1.29 bits per heavy atom. The van der Waals surface area contributed by atoms with Crippen molar-refractivity contribution in [2.24, 2.45) is 0 Å². The van der Waals surface area contributed by atoms with Crippen LogP contribution in [0.5, 0.6) is 0 Å². The van der Waals surface area contributed by atoms with Gasteiger partial charge >= 0.3 is 0 Å². The average Bonchev–Trinajstić information content (AvgIpc) is 2.99. The summed E-state index contributed by atoms with van der Waals surface area (Å²) in [7, 11) is 2.04. The average molecular weight is 333 g/mol. The van der Waals surface area contributed by atoms with Crippen molar-refractivity contribution in [2.45, 2.75) is 38.8 Å². The minimum Gasteiger partial charge on any atom is -0.339 e. The number of rotatable bonds is 3. The number of carbonyl (C=O) groups is 1. The molecule has 2 fully saturated rings. The third-order valence-electron chi connectivity index (χ3n) is 5.26. The summed E-state index contributed by atoms with van der Waals surface area (Å²) in [6.07, 6.45) is 2.08. The van der Waals surface area contributed by atoms with Gasteiger partial charge < -0.3 is 9.88 Å². The monoisotopic (exact) mass is 333 g/mol. The lowest BCUT2D eigenvalue weighted by Gasteiger charge is -2.39. The molecule has 2 aliphatic heterocycles. The molecule has 3 rings (SSSR count). The Morgan fingerprint density at radius 2 is 2.00 bits per heavy atom. The van der Waals surface area contributed by atoms with E-state index in [1.807, 2.05) is 18.9 Å². The molecule has 1 aromatic rings. The van der Waals surface area contributed by atoms with Crippen molar-refractivity contribution in [3.8, 4) is 0 Å². The molecule has 2 atom stereocenters. The number of amides is 1. The molecule has 0 bridgehead atoms. The predicted molar refractivity (Wildman–Crippen MR) is 91.8 cm³/mol. The van der Waals surface area contributed by atoms with Crippen LogP contribution in [0.1, 0.15) is 37.3 Å². The number of nitrogens with one attached hydrogen (secondary N) is 1. The summed E-state index contributed by atoms with van der Waals surface area (Å²) in [5.74, 6) is 0.972. The fourth-order valence-corrected chi connectivity index (χ4v) is 3.74. The number of likely N-dealkylation sites (tertiary alicyclic amines) is 1. The van der Waals surface area contributed by atoms with Crippen LogP contribution >= 0.6 is 0 Å². The topological polar surface area (TPSA) is 72.5 Å². The van der Waals surface area contributed by atoms with Gasteiger partial charge in [0.15, 0.2) is 0 Å². The third kappa shape index (κ3) is 3.52. The number of likely N-dealkylation sites (N-methyl/N-ethyl adjacent to an activating group) is 1. The van der Waals surface area contributed by atoms with E-state index in [9.17, 15) is 9.59 Å². The summed E-state index contributed by atoms with van der Waals surface area (Å²) in [4.78, 5) is 38.0. The number of carbonyl (C=O) groups excluding carboxylic acids is 1. The zero-order chi connectivity index (χ0) is 17.3. The third-order valence-corrected chi connectivity index (χ3v) is 5.26. The van der Waals surface area contributed by atoms with Crippen LogP contribution in [0.3, 0.4) is 0 Å². The Bertz CT molecular complexity index is 651. The first kappa shape index (κ1) is 17.1. The maximum absolute atomic E-state index is 12.7. The van der Waals surface area contributed by atoms with Gasteiger partial charge in [0, 0.05) is 37.9 Å². The van der Waals surface area contributed by atoms with Crippen LogP contribution in [0.25, 0.3) is 0 Å². The van der Waals surface area contributed by atoms with Gasteiger partial charge in [0.1, 0.15) is 5.82 Å². The van der Waals surface area contributed by atoms with Gasteiger partial charge in [0.05, 0.1) is 12.1 Å². The highest BCUT2D eigenvalue weighted by atomic mass is 16.2. The molecule has 2 saturated heterocycles. The number of aryl methyl sites for hydroxylation is 1. The van der Waals surface area contributed by atoms with E-state index in [2.05, 4.69) is 26.7 Å². The van der Waals surface area contributed by atoms with Gasteiger partial charge in [-0.15, -0.1) is 0 Å². The van der Waals surface area contributed by atoms with Crippen LogP contribution in [0, 0.1) is 6.92 Å². The molecule has 1 amide bonds. The summed E-state index contributed by atoms with van der Waals surface area (Å²) >= 11 is 0. The molecule has 0 saturated carbocycles. The lowest BCUT2D eigenvalue weighted by Crippen LogP contribution is -2.53. The van der Waals surface area contributed by atoms with Crippen LogP contribution < -0.4 is 5.56 Å². The van der Waals surface area contributed by atoms with Crippen molar-refractivity contribution >= 4 is 5.91 Å². The first-order chi connectivity index (χ1) is 11.5. The first-order valence-electron chi connectivity index (χ1n) is 8.76. The maximum Gasteiger partial charge on any atom is 0.251 e. The molecule has 0 aromatic carbocycles. The normalized spacial score (nSPS) is 24.3. The van der Waals surface area contributed by atoms with Gasteiger partial charge in [-0.05, 0) is 40.3 Å². The van der Waals surface area contributed by atoms with Crippen molar-refractivity contribution in [2.75, 3.05) is 39.8 Å². The van der Waals surface area contributed by atoms with E-state index in [1.54, 1.807) is 0 Å². The number of piperazine rings is 1. The zero-order valence-corrected chi connectivity index (χ0v) is 14.8. The highest BCUT2D eigenvalue weighted by molar-refractivity contribution is 5.82. The van der Waals surface area contributed by atoms with Crippen LogP contribution in [0.15, 0.2) is 10.9 Å². The standard InChI is InChI=1S/C17H27N5O2/c1-12-11-15(23)19-16(18-12)13(2)21-7-9-22(10-8-21)17(24)14-5-4-6-20(14)3/h11,13-14H,4-10H2,1-3H3,(H,18,19,23)/t13-,14+/m1/s1. The summed E-state index contributed by atoms with van der Waals surface area (Å²) in [6, 6.07) is 1.61. The molecule has 1 N–H and O–H groups in total. The Balaban J connectivity index is 1.60. The second kappa shape index (κ2) is 7.03. The van der Waals surface area contributed by atoms with Crippen molar-refractivity contribution in [3.63, 3.8) is 0 Å². The van der Waals surface area contributed by atoms with E-state index in [0.717, 1.165) is 51.3 Å². The summed E-state index contributed by atoms with van der Waals surface area (Å²) < 4.78 is 0. The molecule has 7 nitrogen and oxygen atoms in total. The van der Waals surface area contributed by atoms with E-state index in [0.29, 0.717) is 5.82 Å². The number of aromatic amines is 1. The Hall–Kier alpha value is -1.73. The number of aromatic nitrogens is 2. The quantitative estimate of drug-likeness (QED) is 0.866. The lowest BCUT2D eigenvalue weighted by atomic mass is 10.1. The molecule has 0 unspecified atom stereocenters. The van der Waals surface area contributed by atoms with E-state index in [-0.39, 0.29) is 23.6 Å². The van der Waals surface area contributed by atoms with Crippen molar-refractivity contribution < 1.29 is 4.79 Å². The second-order valence-electron chi connectivity index (χ2n) is 6.95. The molecule has 0 spiro atoms. The van der Waals surface area contributed by atoms with E-state index in [4.69, 9.17) is 0 Å². The van der Waals surface area contributed by atoms with Crippen molar-refractivity contribution in [1.29, 1.82) is 0 Å². The van der Waals surface area contributed by atoms with Crippen LogP contribution in [-0.4, -0.2) is 76.4 Å². The van der Waals surface area contributed by atoms with Crippen molar-refractivity contribution in [1.82, 2.24) is 24.7 Å². The van der Waals surface area contributed by atoms with Crippen molar-refractivity contribution in [3.05, 3.63) is 27.9 Å². The molecule has 132 valence electrons. The maximum atomic E-state index is 12.7. The van der Waals surface area contributed by atoms with Gasteiger partial charge in [-0.3, -0.25) is 19.4 Å². The SMILES string of the molecule is Cc1cc(=O)[nH]c([C@@H](C)N2CCN(C(=O)[C@@H]3CCCN3C)CC2)n1. The fraction of sp³-hybridized carbons (Fsp3) is 0.706. The Labute approximate surface area is 142 Å². The highest BCUT2D eigenvalue weighted by Crippen LogP contribution is 2.21. The Kier molecular flexibility index (Phi) is 5.01. The Morgan fingerprint density at radius 3 is 2.58 bits per heavy atom. The largest absolute Gasteiger partial charge is 0.339 e. The fourth-order valence-electron chi connectivity index (χ4n) is 3.74. The summed E-state index contributed by atoms with van der Waals surface area (Å²) in [6.45, 7) is 8.00. The van der Waals surface area contributed by atoms with Crippen LogP contribution in [0.2, 0.25) is 0 Å². The minimum atomic E-state index is -0.109. The number of hydrogen-bond donors (Lipinski definition) is 1. The number of hydrogen-bond acceptors (Lipinski definition) is 5. The smallest absolute Gasteiger partial charge is 0.251 e. The van der Waals surface area contributed by atoms with E-state index >= 15 is 0 Å². The van der Waals surface area contributed by atoms with Gasteiger partial charge in [0.2, 0.25) is 5.91 Å². The summed E-state index contributed by atoms with van der Waals surface area (Å²) in [5.41, 5.74) is 0.626. The predicted octanol–water partition coefficient (Wildman–Crippen LogP) is 0.378. The van der Waals surface area contributed by atoms with Crippen LogP contribution in [-0.2, 0) is 4.79 Å². The first-order valence-corrected chi connectivity index (χ1v) is 8.76. The van der Waals surface area contributed by atoms with Gasteiger partial charge in [0.25, 0.3) is 5.56 Å².